The largest absolute Gasteiger partial charge is 0.311 e. The van der Waals surface area contributed by atoms with Gasteiger partial charge in [0, 0.05) is 33.9 Å². The van der Waals surface area contributed by atoms with Crippen LogP contribution in [0.25, 0.3) is 0 Å². The smallest absolute Gasteiger partial charge is 0.252 e. The Morgan fingerprint density at radius 2 is 1.28 bits per heavy atom. The van der Waals surface area contributed by atoms with Crippen LogP contribution in [0.2, 0.25) is 0 Å². The molecule has 4 atom stereocenters. The van der Waals surface area contributed by atoms with Crippen molar-refractivity contribution in [3.8, 4) is 0 Å². The van der Waals surface area contributed by atoms with E-state index in [1.54, 1.807) is 11.1 Å². The van der Waals surface area contributed by atoms with E-state index >= 15 is 0 Å². The first-order chi connectivity index (χ1) is 23.1. The van der Waals surface area contributed by atoms with Gasteiger partial charge in [0.25, 0.3) is 6.71 Å². The molecular formula is C44H39BN2. The third-order valence-corrected chi connectivity index (χ3v) is 14.4. The maximum atomic E-state index is 2.72. The molecule has 4 saturated carbocycles. The number of para-hydroxylation sites is 2. The average molecular weight is 607 g/mol. The lowest BCUT2D eigenvalue weighted by atomic mass is 9.31. The minimum absolute atomic E-state index is 0.138. The van der Waals surface area contributed by atoms with Crippen molar-refractivity contribution in [2.75, 3.05) is 9.80 Å². The number of fused-ring (bicyclic) bond motifs is 12. The Hall–Kier alpha value is -4.24. The number of hydrogen-bond acceptors (Lipinski definition) is 2. The van der Waals surface area contributed by atoms with Crippen molar-refractivity contribution >= 4 is 57.2 Å². The normalized spacial score (nSPS) is 30.7. The monoisotopic (exact) mass is 606 g/mol. The quantitative estimate of drug-likeness (QED) is 0.172. The molecule has 3 heterocycles. The predicted octanol–water partition coefficient (Wildman–Crippen LogP) is 8.83. The van der Waals surface area contributed by atoms with Crippen LogP contribution in [0, 0.1) is 42.9 Å². The van der Waals surface area contributed by atoms with Crippen LogP contribution in [0.1, 0.15) is 60.8 Å². The molecule has 3 bridgehead atoms. The molecule has 0 radical (unpaired) electrons. The van der Waals surface area contributed by atoms with Gasteiger partial charge in [-0.2, -0.15) is 0 Å². The summed E-state index contributed by atoms with van der Waals surface area (Å²) in [6, 6.07) is 40.5. The Morgan fingerprint density at radius 1 is 0.596 bits per heavy atom. The fourth-order valence-electron chi connectivity index (χ4n) is 13.3. The van der Waals surface area contributed by atoms with E-state index in [9.17, 15) is 0 Å². The Morgan fingerprint density at radius 3 is 2.09 bits per heavy atom. The maximum absolute atomic E-state index is 2.72. The van der Waals surface area contributed by atoms with Crippen molar-refractivity contribution in [2.45, 2.75) is 57.8 Å². The summed E-state index contributed by atoms with van der Waals surface area (Å²) < 4.78 is 0. The molecule has 2 nitrogen and oxygen atoms in total. The summed E-state index contributed by atoms with van der Waals surface area (Å²) in [5.41, 5.74) is 19.2. The van der Waals surface area contributed by atoms with E-state index in [1.165, 1.54) is 100 Å². The second-order valence-electron chi connectivity index (χ2n) is 16.4. The van der Waals surface area contributed by atoms with Crippen LogP contribution in [-0.4, -0.2) is 6.71 Å². The van der Waals surface area contributed by atoms with Gasteiger partial charge in [0.15, 0.2) is 0 Å². The first kappa shape index (κ1) is 25.8. The summed E-state index contributed by atoms with van der Waals surface area (Å²) in [6.45, 7) is 4.68. The zero-order valence-corrected chi connectivity index (χ0v) is 27.3. The molecule has 0 amide bonds. The number of nitrogens with zero attached hydrogens (tertiary/aromatic N) is 2. The summed E-state index contributed by atoms with van der Waals surface area (Å²) >= 11 is 0. The highest BCUT2D eigenvalue weighted by Crippen LogP contribution is 2.83. The zero-order chi connectivity index (χ0) is 30.8. The zero-order valence-electron chi connectivity index (χ0n) is 27.3. The summed E-state index contributed by atoms with van der Waals surface area (Å²) in [4.78, 5) is 5.25. The van der Waals surface area contributed by atoms with Gasteiger partial charge in [0.05, 0.1) is 5.69 Å². The summed E-state index contributed by atoms with van der Waals surface area (Å²) in [6.07, 6.45) is 8.80. The summed E-state index contributed by atoms with van der Waals surface area (Å²) in [5.74, 6) is 3.41. The number of anilines is 6. The van der Waals surface area contributed by atoms with Gasteiger partial charge in [0.2, 0.25) is 0 Å². The fourth-order valence-corrected chi connectivity index (χ4v) is 13.3. The third-order valence-electron chi connectivity index (χ3n) is 14.4. The number of benzene rings is 5. The van der Waals surface area contributed by atoms with E-state index in [4.69, 9.17) is 0 Å². The van der Waals surface area contributed by atoms with Crippen molar-refractivity contribution in [3.63, 3.8) is 0 Å². The number of rotatable bonds is 1. The van der Waals surface area contributed by atoms with Gasteiger partial charge in [-0.25, -0.2) is 0 Å². The molecule has 47 heavy (non-hydrogen) atoms. The molecule has 4 aliphatic carbocycles. The van der Waals surface area contributed by atoms with Crippen LogP contribution in [-0.2, 0) is 5.41 Å². The highest BCUT2D eigenvalue weighted by Gasteiger charge is 2.78. The molecule has 5 aromatic rings. The minimum atomic E-state index is 0.138. The lowest BCUT2D eigenvalue weighted by Crippen LogP contribution is -2.67. The molecule has 12 rings (SSSR count). The first-order valence-corrected chi connectivity index (χ1v) is 18.2. The lowest BCUT2D eigenvalue weighted by molar-refractivity contribution is -0.0839. The van der Waals surface area contributed by atoms with Crippen molar-refractivity contribution < 1.29 is 0 Å². The molecule has 228 valence electrons. The van der Waals surface area contributed by atoms with E-state index in [2.05, 4.69) is 127 Å². The van der Waals surface area contributed by atoms with E-state index in [0.29, 0.717) is 5.41 Å². The second-order valence-corrected chi connectivity index (χ2v) is 16.4. The third kappa shape index (κ3) is 2.83. The standard InChI is InChI=1S/C44H39BN2/c1-26-8-5-9-30(20-26)46-36-19-16-27(2)21-34(36)45-33-12-6-11-32-42(33)47(38-15-7-14-37(46)41(38)45)35-13-4-3-10-31(35)44(32)39-22-28-17-18-29-23-40(44)43(39,24-28)25-29/h3-16,19-21,28-29,39-40H,17-18,22-25H2,1-2H3. The minimum Gasteiger partial charge on any atom is -0.311 e. The Balaban J connectivity index is 1.17. The molecule has 3 heteroatoms. The fraction of sp³-hybridized carbons (Fsp3) is 0.318. The highest BCUT2D eigenvalue weighted by molar-refractivity contribution is 7.00. The number of aryl methyl sites for hydroxylation is 2. The van der Waals surface area contributed by atoms with E-state index < -0.39 is 0 Å². The van der Waals surface area contributed by atoms with E-state index in [-0.39, 0.29) is 12.1 Å². The van der Waals surface area contributed by atoms with Crippen molar-refractivity contribution in [1.82, 2.24) is 0 Å². The van der Waals surface area contributed by atoms with Gasteiger partial charge in [-0.3, -0.25) is 0 Å². The Bertz CT molecular complexity index is 2190. The van der Waals surface area contributed by atoms with Crippen molar-refractivity contribution in [1.29, 1.82) is 0 Å². The topological polar surface area (TPSA) is 6.48 Å². The summed E-state index contributed by atoms with van der Waals surface area (Å²) in [5, 5.41) is 0. The lowest BCUT2D eigenvalue weighted by Gasteiger charge is -2.68. The second kappa shape index (κ2) is 8.42. The van der Waals surface area contributed by atoms with E-state index in [1.807, 2.05) is 0 Å². The Labute approximate surface area is 278 Å². The van der Waals surface area contributed by atoms with Gasteiger partial charge in [-0.1, -0.05) is 85.1 Å². The maximum Gasteiger partial charge on any atom is 0.252 e. The molecule has 7 aliphatic rings. The molecule has 4 fully saturated rings. The van der Waals surface area contributed by atoms with Crippen LogP contribution in [0.5, 0.6) is 0 Å². The molecular weight excluding hydrogens is 567 g/mol. The molecule has 0 saturated heterocycles. The highest BCUT2D eigenvalue weighted by atomic mass is 15.2. The molecule has 0 N–H and O–H groups in total. The van der Waals surface area contributed by atoms with Crippen molar-refractivity contribution in [3.05, 3.63) is 125 Å². The van der Waals surface area contributed by atoms with Crippen LogP contribution in [0.15, 0.2) is 103 Å². The van der Waals surface area contributed by atoms with Crippen molar-refractivity contribution in [2.24, 2.45) is 29.1 Å². The average Bonchev–Trinajstić information content (AvgIpc) is 3.55. The molecule has 0 aromatic heterocycles. The van der Waals surface area contributed by atoms with E-state index in [0.717, 1.165) is 23.7 Å². The van der Waals surface area contributed by atoms with Crippen LogP contribution in [0.3, 0.4) is 0 Å². The number of hydrogen-bond donors (Lipinski definition) is 0. The van der Waals surface area contributed by atoms with Gasteiger partial charge in [-0.15, -0.1) is 0 Å². The first-order valence-electron chi connectivity index (χ1n) is 18.2. The van der Waals surface area contributed by atoms with Gasteiger partial charge in [0.1, 0.15) is 0 Å². The Kier molecular flexibility index (Phi) is 4.63. The molecule has 5 aromatic carbocycles. The molecule has 3 aliphatic heterocycles. The van der Waals surface area contributed by atoms with Gasteiger partial charge < -0.3 is 9.80 Å². The van der Waals surface area contributed by atoms with Gasteiger partial charge >= 0.3 is 0 Å². The van der Waals surface area contributed by atoms with Crippen LogP contribution < -0.4 is 26.2 Å². The SMILES string of the molecule is Cc1cccc(N2c3ccc(C)cc3B3c4cccc5c4N(c4ccccc4C54C5CC6CCC7CC4C5(C6)C7)c4cccc2c43)c1. The predicted molar refractivity (Wildman–Crippen MR) is 195 cm³/mol. The molecule has 4 unspecified atom stereocenters. The van der Waals surface area contributed by atoms with Crippen LogP contribution >= 0.6 is 0 Å². The molecule has 2 spiro atoms. The summed E-state index contributed by atoms with van der Waals surface area (Å²) in [7, 11) is 0. The van der Waals surface area contributed by atoms with Crippen LogP contribution in [0.4, 0.5) is 34.1 Å². The van der Waals surface area contributed by atoms with Gasteiger partial charge in [-0.05, 0) is 138 Å².